The molecule has 3 radical (unpaired) electrons. The van der Waals surface area contributed by atoms with Gasteiger partial charge < -0.3 is 4.74 Å². The lowest BCUT2D eigenvalue weighted by Gasteiger charge is -1.99. The lowest BCUT2D eigenvalue weighted by molar-refractivity contribution is -0.143. The fourth-order valence-electron chi connectivity index (χ4n) is 0.752. The summed E-state index contributed by atoms with van der Waals surface area (Å²) in [6, 6.07) is 0. The quantitative estimate of drug-likeness (QED) is 0.343. The van der Waals surface area contributed by atoms with Crippen LogP contribution in [0.15, 0.2) is 0 Å². The van der Waals surface area contributed by atoms with Crippen LogP contribution < -0.4 is 0 Å². The average Bonchev–Trinajstić information content (AvgIpc) is 1.89. The zero-order valence-corrected chi connectivity index (χ0v) is 7.43. The van der Waals surface area contributed by atoms with Gasteiger partial charge >= 0.3 is 5.97 Å². The second kappa shape index (κ2) is 9.53. The predicted octanol–water partition coefficient (Wildman–Crippen LogP) is 1.75. The number of carbonyl (C=O) groups is 1. The van der Waals surface area contributed by atoms with Crippen LogP contribution in [0.4, 0.5) is 0 Å². The third-order valence-electron chi connectivity index (χ3n) is 1.29. The number of hydrogen-bond acceptors (Lipinski definition) is 2. The van der Waals surface area contributed by atoms with Crippen molar-refractivity contribution in [2.24, 2.45) is 0 Å². The summed E-state index contributed by atoms with van der Waals surface area (Å²) in [6.45, 7) is 4.45. The highest BCUT2D eigenvalue weighted by Gasteiger charge is 1.98. The maximum absolute atomic E-state index is 10.7. The molecule has 0 aliphatic carbocycles. The van der Waals surface area contributed by atoms with Gasteiger partial charge in [-0.15, -0.1) is 0 Å². The van der Waals surface area contributed by atoms with Crippen LogP contribution in [-0.4, -0.2) is 21.0 Å². The van der Waals surface area contributed by atoms with Gasteiger partial charge in [-0.25, -0.2) is 0 Å². The van der Waals surface area contributed by atoms with E-state index in [0.717, 1.165) is 19.3 Å². The molecule has 0 rings (SSSR count). The summed E-state index contributed by atoms with van der Waals surface area (Å²) in [5, 5.41) is 0. The number of carbonyl (C=O) groups excluding carboxylic acids is 1. The Balaban J connectivity index is 0. The van der Waals surface area contributed by atoms with E-state index in [9.17, 15) is 4.79 Å². The van der Waals surface area contributed by atoms with Gasteiger partial charge in [0, 0.05) is 14.8 Å². The minimum absolute atomic E-state index is 0. The molecule has 0 aliphatic heterocycles. The van der Waals surface area contributed by atoms with Crippen molar-refractivity contribution in [2.75, 3.05) is 6.61 Å². The number of hydrogen-bond donors (Lipinski definition) is 0. The Kier molecular flexibility index (Phi) is 11.4. The summed E-state index contributed by atoms with van der Waals surface area (Å²) in [4.78, 5) is 10.7. The van der Waals surface area contributed by atoms with Crippen LogP contribution in [0.5, 0.6) is 0 Å². The summed E-state index contributed by atoms with van der Waals surface area (Å²) in [6.07, 6.45) is 3.83. The smallest absolute Gasteiger partial charge is 0.305 e. The van der Waals surface area contributed by atoms with E-state index in [4.69, 9.17) is 4.74 Å². The van der Waals surface area contributed by atoms with E-state index in [0.29, 0.717) is 13.0 Å². The second-order valence-corrected chi connectivity index (χ2v) is 2.26. The van der Waals surface area contributed by atoms with Crippen LogP contribution in [0.1, 0.15) is 39.5 Å². The summed E-state index contributed by atoms with van der Waals surface area (Å²) in [7, 11) is 0. The van der Waals surface area contributed by atoms with Crippen LogP contribution in [0.3, 0.4) is 0 Å². The first kappa shape index (κ1) is 13.1. The second-order valence-electron chi connectivity index (χ2n) is 2.26. The third-order valence-corrected chi connectivity index (χ3v) is 1.29. The van der Waals surface area contributed by atoms with Crippen LogP contribution in [0.25, 0.3) is 0 Å². The van der Waals surface area contributed by atoms with Gasteiger partial charge in [-0.1, -0.05) is 19.8 Å². The summed E-state index contributed by atoms with van der Waals surface area (Å²) in [5.41, 5.74) is 0. The third kappa shape index (κ3) is 9.53. The van der Waals surface area contributed by atoms with Gasteiger partial charge in [0.1, 0.15) is 0 Å². The molecule has 0 aromatic heterocycles. The number of unbranched alkanes of at least 4 members (excludes halogenated alkanes) is 2. The van der Waals surface area contributed by atoms with Gasteiger partial charge in [-0.3, -0.25) is 4.79 Å². The first-order valence-electron chi connectivity index (χ1n) is 3.96. The lowest BCUT2D eigenvalue weighted by atomic mass is 10.2. The molecule has 0 N–H and O–H groups in total. The molecule has 0 atom stereocenters. The maximum atomic E-state index is 10.7. The van der Waals surface area contributed by atoms with Crippen molar-refractivity contribution < 1.29 is 9.53 Å². The largest absolute Gasteiger partial charge is 0.466 e. The van der Waals surface area contributed by atoms with Crippen LogP contribution in [-0.2, 0) is 9.53 Å². The first-order chi connectivity index (χ1) is 4.81. The van der Waals surface area contributed by atoms with Crippen LogP contribution in [0, 0.1) is 0 Å². The van der Waals surface area contributed by atoms with E-state index in [1.165, 1.54) is 0 Å². The van der Waals surface area contributed by atoms with Crippen molar-refractivity contribution >= 4 is 14.4 Å². The molecule has 0 saturated carbocycles. The normalized spacial score (nSPS) is 8.55. The van der Waals surface area contributed by atoms with Crippen molar-refractivity contribution in [2.45, 2.75) is 39.5 Å². The number of rotatable bonds is 5. The Morgan fingerprint density at radius 3 is 2.36 bits per heavy atom. The van der Waals surface area contributed by atoms with E-state index in [2.05, 4.69) is 6.92 Å². The van der Waals surface area contributed by atoms with E-state index in [-0.39, 0.29) is 14.4 Å². The minimum atomic E-state index is -0.0593. The Bertz CT molecular complexity index is 94.1. The molecule has 63 valence electrons. The summed E-state index contributed by atoms with van der Waals surface area (Å²) >= 11 is 0. The van der Waals surface area contributed by atoms with E-state index < -0.39 is 0 Å². The highest BCUT2D eigenvalue weighted by atomic mass is 16.5. The molecular formula is C8H16BO2. The van der Waals surface area contributed by atoms with Crippen LogP contribution >= 0.6 is 0 Å². The Morgan fingerprint density at radius 2 is 1.91 bits per heavy atom. The zero-order valence-electron chi connectivity index (χ0n) is 7.43. The Labute approximate surface area is 70.9 Å². The summed E-state index contributed by atoms with van der Waals surface area (Å²) < 4.78 is 4.75. The fraction of sp³-hybridized carbons (Fsp3) is 0.875. The van der Waals surface area contributed by atoms with Crippen molar-refractivity contribution in [1.29, 1.82) is 0 Å². The molecule has 0 bridgehead atoms. The molecule has 11 heavy (non-hydrogen) atoms. The van der Waals surface area contributed by atoms with Crippen molar-refractivity contribution in [3.8, 4) is 0 Å². The van der Waals surface area contributed by atoms with Gasteiger partial charge in [0.25, 0.3) is 0 Å². The molecule has 0 aromatic rings. The standard InChI is InChI=1S/C8H16O2.B/c1-3-5-6-7-8(9)10-4-2;/h3-7H2,1-2H3;. The predicted molar refractivity (Wildman–Crippen MR) is 46.5 cm³/mol. The Hall–Kier alpha value is -0.465. The van der Waals surface area contributed by atoms with Crippen molar-refractivity contribution in [3.05, 3.63) is 0 Å². The molecule has 0 spiro atoms. The van der Waals surface area contributed by atoms with E-state index in [1.54, 1.807) is 0 Å². The molecule has 0 aliphatic rings. The topological polar surface area (TPSA) is 26.3 Å². The molecule has 2 nitrogen and oxygen atoms in total. The monoisotopic (exact) mass is 155 g/mol. The molecule has 0 unspecified atom stereocenters. The lowest BCUT2D eigenvalue weighted by Crippen LogP contribution is -2.02. The van der Waals surface area contributed by atoms with Crippen molar-refractivity contribution in [3.63, 3.8) is 0 Å². The molecule has 0 aromatic carbocycles. The van der Waals surface area contributed by atoms with Crippen molar-refractivity contribution in [1.82, 2.24) is 0 Å². The number of esters is 1. The molecule has 0 fully saturated rings. The minimum Gasteiger partial charge on any atom is -0.466 e. The molecule has 0 saturated heterocycles. The highest BCUT2D eigenvalue weighted by molar-refractivity contribution is 5.75. The fourth-order valence-corrected chi connectivity index (χ4v) is 0.752. The van der Waals surface area contributed by atoms with Crippen LogP contribution in [0.2, 0.25) is 0 Å². The van der Waals surface area contributed by atoms with Gasteiger partial charge in [0.2, 0.25) is 0 Å². The molecule has 0 heterocycles. The Morgan fingerprint density at radius 1 is 1.27 bits per heavy atom. The highest BCUT2D eigenvalue weighted by Crippen LogP contribution is 1.99. The maximum Gasteiger partial charge on any atom is 0.305 e. The van der Waals surface area contributed by atoms with E-state index in [1.807, 2.05) is 6.92 Å². The molecule has 3 heteroatoms. The molecule has 0 amide bonds. The average molecular weight is 155 g/mol. The first-order valence-corrected chi connectivity index (χ1v) is 3.96. The molecular weight excluding hydrogens is 139 g/mol. The zero-order chi connectivity index (χ0) is 7.82. The number of ether oxygens (including phenoxy) is 1. The van der Waals surface area contributed by atoms with E-state index >= 15 is 0 Å². The van der Waals surface area contributed by atoms with Gasteiger partial charge in [0.15, 0.2) is 0 Å². The van der Waals surface area contributed by atoms with Gasteiger partial charge in [0.05, 0.1) is 6.61 Å². The van der Waals surface area contributed by atoms with Gasteiger partial charge in [-0.05, 0) is 13.3 Å². The SMILES string of the molecule is CCCCCC(=O)OCC.[B]. The summed E-state index contributed by atoms with van der Waals surface area (Å²) in [5.74, 6) is -0.0593. The van der Waals surface area contributed by atoms with Gasteiger partial charge in [-0.2, -0.15) is 0 Å².